The summed E-state index contributed by atoms with van der Waals surface area (Å²) in [7, 11) is 1.89. The van der Waals surface area contributed by atoms with Crippen LogP contribution in [0.25, 0.3) is 0 Å². The summed E-state index contributed by atoms with van der Waals surface area (Å²) in [5.74, 6) is 0.632. The SMILES string of the molecule is CC(C)NN(C)c1ccc(Oc2cccc(C(F)(F)F)c2)cc1. The van der Waals surface area contributed by atoms with E-state index in [2.05, 4.69) is 5.43 Å². The van der Waals surface area contributed by atoms with Gasteiger partial charge in [-0.25, -0.2) is 5.43 Å². The van der Waals surface area contributed by atoms with Gasteiger partial charge in [0.15, 0.2) is 0 Å². The van der Waals surface area contributed by atoms with E-state index in [1.165, 1.54) is 12.1 Å². The third-order valence-electron chi connectivity index (χ3n) is 3.07. The summed E-state index contributed by atoms with van der Waals surface area (Å²) < 4.78 is 43.5. The molecule has 2 aromatic rings. The molecule has 0 unspecified atom stereocenters. The molecule has 6 heteroatoms. The van der Waals surface area contributed by atoms with Crippen molar-refractivity contribution in [3.05, 3.63) is 54.1 Å². The van der Waals surface area contributed by atoms with Crippen LogP contribution >= 0.6 is 0 Å². The van der Waals surface area contributed by atoms with Crippen molar-refractivity contribution in [3.63, 3.8) is 0 Å². The summed E-state index contributed by atoms with van der Waals surface area (Å²) in [6.07, 6.45) is -4.38. The maximum absolute atomic E-state index is 12.7. The van der Waals surface area contributed by atoms with E-state index >= 15 is 0 Å². The van der Waals surface area contributed by atoms with Crippen LogP contribution in [0.4, 0.5) is 18.9 Å². The average Bonchev–Trinajstić information content (AvgIpc) is 2.46. The van der Waals surface area contributed by atoms with Gasteiger partial charge in [-0.15, -0.1) is 0 Å². The molecule has 0 spiro atoms. The molecule has 1 N–H and O–H groups in total. The quantitative estimate of drug-likeness (QED) is 0.796. The first-order chi connectivity index (χ1) is 10.8. The molecule has 0 radical (unpaired) electrons. The summed E-state index contributed by atoms with van der Waals surface area (Å²) in [6, 6.07) is 12.2. The van der Waals surface area contributed by atoms with Crippen LogP contribution in [0, 0.1) is 0 Å². The van der Waals surface area contributed by atoms with Gasteiger partial charge in [0, 0.05) is 13.1 Å². The number of anilines is 1. The summed E-state index contributed by atoms with van der Waals surface area (Å²) in [5, 5.41) is 1.87. The molecule has 2 rings (SSSR count). The largest absolute Gasteiger partial charge is 0.457 e. The molecule has 0 saturated heterocycles. The fourth-order valence-electron chi connectivity index (χ4n) is 2.07. The van der Waals surface area contributed by atoms with Crippen molar-refractivity contribution in [1.29, 1.82) is 0 Å². The van der Waals surface area contributed by atoms with Crippen molar-refractivity contribution in [2.45, 2.75) is 26.1 Å². The fraction of sp³-hybridized carbons (Fsp3) is 0.294. The van der Waals surface area contributed by atoms with E-state index in [9.17, 15) is 13.2 Å². The molecule has 0 aliphatic carbocycles. The number of hydrogen-bond acceptors (Lipinski definition) is 3. The summed E-state index contributed by atoms with van der Waals surface area (Å²) in [6.45, 7) is 4.06. The molecule has 0 heterocycles. The zero-order chi connectivity index (χ0) is 17.0. The fourth-order valence-corrected chi connectivity index (χ4v) is 2.07. The number of rotatable bonds is 5. The zero-order valence-corrected chi connectivity index (χ0v) is 13.2. The first-order valence-corrected chi connectivity index (χ1v) is 7.21. The van der Waals surface area contributed by atoms with Crippen molar-refractivity contribution >= 4 is 5.69 Å². The maximum Gasteiger partial charge on any atom is 0.416 e. The molecule has 0 bridgehead atoms. The van der Waals surface area contributed by atoms with Gasteiger partial charge in [-0.3, -0.25) is 0 Å². The molecule has 0 saturated carbocycles. The van der Waals surface area contributed by atoms with Gasteiger partial charge in [-0.05, 0) is 56.3 Å². The smallest absolute Gasteiger partial charge is 0.416 e. The molecule has 23 heavy (non-hydrogen) atoms. The number of hydrazine groups is 1. The molecule has 0 amide bonds. The van der Waals surface area contributed by atoms with E-state index in [4.69, 9.17) is 4.74 Å². The van der Waals surface area contributed by atoms with Crippen molar-refractivity contribution in [2.24, 2.45) is 0 Å². The van der Waals surface area contributed by atoms with Crippen molar-refractivity contribution < 1.29 is 17.9 Å². The van der Waals surface area contributed by atoms with Gasteiger partial charge in [-0.2, -0.15) is 13.2 Å². The van der Waals surface area contributed by atoms with E-state index in [1.54, 1.807) is 12.1 Å². The number of ether oxygens (including phenoxy) is 1. The van der Waals surface area contributed by atoms with Crippen LogP contribution in [0.5, 0.6) is 11.5 Å². The molecule has 0 aliphatic heterocycles. The Morgan fingerprint density at radius 1 is 1.00 bits per heavy atom. The Kier molecular flexibility index (Phi) is 5.15. The minimum absolute atomic E-state index is 0.154. The predicted molar refractivity (Wildman–Crippen MR) is 84.6 cm³/mol. The van der Waals surface area contributed by atoms with Gasteiger partial charge in [-0.1, -0.05) is 6.07 Å². The van der Waals surface area contributed by atoms with E-state index < -0.39 is 11.7 Å². The highest BCUT2D eigenvalue weighted by atomic mass is 19.4. The highest BCUT2D eigenvalue weighted by Crippen LogP contribution is 2.32. The van der Waals surface area contributed by atoms with Gasteiger partial charge in [0.1, 0.15) is 11.5 Å². The lowest BCUT2D eigenvalue weighted by molar-refractivity contribution is -0.137. The number of alkyl halides is 3. The number of hydrogen-bond donors (Lipinski definition) is 1. The summed E-state index contributed by atoms with van der Waals surface area (Å²) >= 11 is 0. The van der Waals surface area contributed by atoms with Gasteiger partial charge in [0.2, 0.25) is 0 Å². The molecular formula is C17H19F3N2O. The molecular weight excluding hydrogens is 305 g/mol. The first-order valence-electron chi connectivity index (χ1n) is 7.21. The van der Waals surface area contributed by atoms with Crippen LogP contribution in [0.2, 0.25) is 0 Å². The van der Waals surface area contributed by atoms with Gasteiger partial charge in [0.25, 0.3) is 0 Å². The Balaban J connectivity index is 2.09. The third-order valence-corrected chi connectivity index (χ3v) is 3.07. The second kappa shape index (κ2) is 6.91. The van der Waals surface area contributed by atoms with Crippen molar-refractivity contribution in [1.82, 2.24) is 5.43 Å². The van der Waals surface area contributed by atoms with Gasteiger partial charge in [0.05, 0.1) is 11.3 Å². The molecule has 0 fully saturated rings. The highest BCUT2D eigenvalue weighted by molar-refractivity contribution is 5.48. The molecule has 2 aromatic carbocycles. The van der Waals surface area contributed by atoms with Crippen molar-refractivity contribution in [2.75, 3.05) is 12.1 Å². The van der Waals surface area contributed by atoms with Crippen LogP contribution < -0.4 is 15.2 Å². The van der Waals surface area contributed by atoms with Crippen LogP contribution in [0.3, 0.4) is 0 Å². The number of halogens is 3. The average molecular weight is 324 g/mol. The van der Waals surface area contributed by atoms with E-state index in [-0.39, 0.29) is 5.75 Å². The lowest BCUT2D eigenvalue weighted by atomic mass is 10.2. The standard InChI is InChI=1S/C17H19F3N2O/c1-12(2)21-22(3)14-7-9-15(10-8-14)23-16-6-4-5-13(11-16)17(18,19)20/h4-12,21H,1-3H3. The second-order valence-electron chi connectivity index (χ2n) is 5.46. The Morgan fingerprint density at radius 2 is 1.65 bits per heavy atom. The van der Waals surface area contributed by atoms with E-state index in [0.29, 0.717) is 11.8 Å². The Labute approximate surface area is 133 Å². The molecule has 0 atom stereocenters. The van der Waals surface area contributed by atoms with Crippen LogP contribution in [-0.4, -0.2) is 13.1 Å². The van der Waals surface area contributed by atoms with Crippen LogP contribution in [0.1, 0.15) is 19.4 Å². The number of benzene rings is 2. The van der Waals surface area contributed by atoms with Crippen LogP contribution in [-0.2, 0) is 6.18 Å². The highest BCUT2D eigenvalue weighted by Gasteiger charge is 2.30. The number of nitrogens with zero attached hydrogens (tertiary/aromatic N) is 1. The Hall–Kier alpha value is -2.21. The summed E-state index contributed by atoms with van der Waals surface area (Å²) in [4.78, 5) is 0. The topological polar surface area (TPSA) is 24.5 Å². The molecule has 124 valence electrons. The first kappa shape index (κ1) is 17.1. The predicted octanol–water partition coefficient (Wildman–Crippen LogP) is 4.85. The molecule has 0 aromatic heterocycles. The Morgan fingerprint density at radius 3 is 2.22 bits per heavy atom. The van der Waals surface area contributed by atoms with E-state index in [1.807, 2.05) is 38.0 Å². The van der Waals surface area contributed by atoms with Gasteiger partial charge < -0.3 is 9.75 Å². The lowest BCUT2D eigenvalue weighted by Crippen LogP contribution is -2.39. The molecule has 3 nitrogen and oxygen atoms in total. The zero-order valence-electron chi connectivity index (χ0n) is 13.2. The normalized spacial score (nSPS) is 11.6. The van der Waals surface area contributed by atoms with Crippen molar-refractivity contribution in [3.8, 4) is 11.5 Å². The van der Waals surface area contributed by atoms with Crippen LogP contribution in [0.15, 0.2) is 48.5 Å². The maximum atomic E-state index is 12.7. The minimum atomic E-state index is -4.38. The Bertz CT molecular complexity index is 639. The lowest BCUT2D eigenvalue weighted by Gasteiger charge is -2.23. The van der Waals surface area contributed by atoms with E-state index in [0.717, 1.165) is 17.8 Å². The molecule has 0 aliphatic rings. The van der Waals surface area contributed by atoms with Gasteiger partial charge >= 0.3 is 6.18 Å². The minimum Gasteiger partial charge on any atom is -0.457 e. The third kappa shape index (κ3) is 4.89. The summed E-state index contributed by atoms with van der Waals surface area (Å²) in [5.41, 5.74) is 3.42. The monoisotopic (exact) mass is 324 g/mol. The number of nitrogens with one attached hydrogen (secondary N) is 1. The second-order valence-corrected chi connectivity index (χ2v) is 5.46.